The minimum absolute atomic E-state index is 0.152. The number of hydrogen-bond donors (Lipinski definition) is 2. The predicted octanol–water partition coefficient (Wildman–Crippen LogP) is 4.72. The van der Waals surface area contributed by atoms with Gasteiger partial charge >= 0.3 is 0 Å². The summed E-state index contributed by atoms with van der Waals surface area (Å²) in [6, 6.07) is 14.1. The van der Waals surface area contributed by atoms with Gasteiger partial charge in [0.2, 0.25) is 5.82 Å². The van der Waals surface area contributed by atoms with Gasteiger partial charge in [-0.25, -0.2) is 9.97 Å². The number of methoxy groups -OCH3 is 1. The number of ether oxygens (including phenoxy) is 1. The number of pyridine rings is 1. The fraction of sp³-hybridized carbons (Fsp3) is 0.310. The minimum atomic E-state index is -0.272. The van der Waals surface area contributed by atoms with Crippen LogP contribution in [0.4, 0.5) is 0 Å². The summed E-state index contributed by atoms with van der Waals surface area (Å²) in [5.41, 5.74) is 5.14. The van der Waals surface area contributed by atoms with Gasteiger partial charge in [0.15, 0.2) is 0 Å². The van der Waals surface area contributed by atoms with Crippen molar-refractivity contribution in [3.8, 4) is 17.0 Å². The molecule has 0 radical (unpaired) electrons. The lowest BCUT2D eigenvalue weighted by molar-refractivity contribution is 0.0940. The lowest BCUT2D eigenvalue weighted by Crippen LogP contribution is -2.34. The lowest BCUT2D eigenvalue weighted by atomic mass is 10.0. The van der Waals surface area contributed by atoms with E-state index in [0.717, 1.165) is 70.1 Å². The molecule has 5 aromatic rings. The zero-order valence-electron chi connectivity index (χ0n) is 21.2. The number of aromatic nitrogens is 4. The highest BCUT2D eigenvalue weighted by atomic mass is 16.5. The number of para-hydroxylation sites is 1. The van der Waals surface area contributed by atoms with Crippen LogP contribution in [0.2, 0.25) is 0 Å². The van der Waals surface area contributed by atoms with Crippen molar-refractivity contribution in [3.63, 3.8) is 0 Å². The number of amides is 1. The fourth-order valence-electron chi connectivity index (χ4n) is 5.35. The second-order valence-corrected chi connectivity index (χ2v) is 9.49. The van der Waals surface area contributed by atoms with Crippen LogP contribution in [0.3, 0.4) is 0 Å². The molecule has 3 aromatic heterocycles. The van der Waals surface area contributed by atoms with Crippen molar-refractivity contribution in [2.45, 2.75) is 26.2 Å². The topological polar surface area (TPSA) is 96.0 Å². The fourth-order valence-corrected chi connectivity index (χ4v) is 5.35. The molecule has 1 amide bonds. The maximum Gasteiger partial charge on any atom is 0.289 e. The number of H-pyrrole nitrogens is 1. The highest BCUT2D eigenvalue weighted by Crippen LogP contribution is 2.38. The highest BCUT2D eigenvalue weighted by molar-refractivity contribution is 6.15. The van der Waals surface area contributed by atoms with Gasteiger partial charge in [-0.2, -0.15) is 0 Å². The van der Waals surface area contributed by atoms with Gasteiger partial charge in [0.25, 0.3) is 5.91 Å². The van der Waals surface area contributed by atoms with Crippen molar-refractivity contribution >= 4 is 38.7 Å². The predicted molar refractivity (Wildman–Crippen MR) is 146 cm³/mol. The van der Waals surface area contributed by atoms with Crippen LogP contribution < -0.4 is 10.1 Å². The molecule has 0 bridgehead atoms. The van der Waals surface area contributed by atoms with E-state index in [1.54, 1.807) is 13.3 Å². The summed E-state index contributed by atoms with van der Waals surface area (Å²) in [4.78, 5) is 33.1. The van der Waals surface area contributed by atoms with E-state index in [0.29, 0.717) is 17.9 Å². The number of aromatic amines is 1. The van der Waals surface area contributed by atoms with Crippen LogP contribution in [0.25, 0.3) is 44.1 Å². The van der Waals surface area contributed by atoms with Crippen molar-refractivity contribution in [2.75, 3.05) is 33.3 Å². The first kappa shape index (κ1) is 23.4. The van der Waals surface area contributed by atoms with Crippen LogP contribution in [0, 0.1) is 0 Å². The Kier molecular flexibility index (Phi) is 6.18. The van der Waals surface area contributed by atoms with Crippen molar-refractivity contribution in [3.05, 3.63) is 60.0 Å². The van der Waals surface area contributed by atoms with E-state index >= 15 is 0 Å². The molecule has 37 heavy (non-hydrogen) atoms. The third kappa shape index (κ3) is 4.27. The molecule has 188 valence electrons. The van der Waals surface area contributed by atoms with Gasteiger partial charge in [0, 0.05) is 41.1 Å². The molecule has 4 heterocycles. The number of carbonyl (C=O) groups excluding carboxylic acids is 1. The number of carbonyl (C=O) groups is 1. The summed E-state index contributed by atoms with van der Waals surface area (Å²) in [5.74, 6) is 0.704. The highest BCUT2D eigenvalue weighted by Gasteiger charge is 2.21. The van der Waals surface area contributed by atoms with E-state index in [4.69, 9.17) is 14.7 Å². The first-order valence-corrected chi connectivity index (χ1v) is 12.9. The molecule has 1 aliphatic heterocycles. The van der Waals surface area contributed by atoms with E-state index in [2.05, 4.69) is 33.2 Å². The first-order valence-electron chi connectivity index (χ1n) is 12.9. The average molecular weight is 495 g/mol. The summed E-state index contributed by atoms with van der Waals surface area (Å²) >= 11 is 0. The standard InChI is InChI=1S/C29H30N6O2/c1-3-18-16-23-21(17-24(18)37-2)25-26(20-10-11-30-22-9-5-4-8-19(20)22)33-28(34-27(25)32-23)29(36)31-12-15-35-13-6-7-14-35/h4-5,8-11,16-17H,3,6-7,12-15H2,1-2H3,(H,31,36)(H,32,33,34). The molecular formula is C29H30N6O2. The van der Waals surface area contributed by atoms with E-state index in [1.807, 2.05) is 36.4 Å². The van der Waals surface area contributed by atoms with E-state index in [1.165, 1.54) is 12.8 Å². The number of nitrogens with one attached hydrogen (secondary N) is 2. The van der Waals surface area contributed by atoms with E-state index in [9.17, 15) is 4.79 Å². The number of nitrogens with zero attached hydrogens (tertiary/aromatic N) is 4. The first-order chi connectivity index (χ1) is 18.2. The van der Waals surface area contributed by atoms with Crippen LogP contribution in [0.5, 0.6) is 5.75 Å². The number of rotatable bonds is 7. The van der Waals surface area contributed by atoms with Gasteiger partial charge in [0.05, 0.1) is 23.7 Å². The Morgan fingerprint density at radius 2 is 1.95 bits per heavy atom. The molecule has 1 saturated heterocycles. The largest absolute Gasteiger partial charge is 0.496 e. The monoisotopic (exact) mass is 494 g/mol. The van der Waals surface area contributed by atoms with Crippen LogP contribution in [0.1, 0.15) is 35.9 Å². The number of fused-ring (bicyclic) bond motifs is 4. The van der Waals surface area contributed by atoms with Gasteiger partial charge in [-0.15, -0.1) is 0 Å². The third-order valence-electron chi connectivity index (χ3n) is 7.25. The van der Waals surface area contributed by atoms with Gasteiger partial charge < -0.3 is 19.9 Å². The summed E-state index contributed by atoms with van der Waals surface area (Å²) in [6.45, 7) is 5.69. The molecule has 0 unspecified atom stereocenters. The Hall–Kier alpha value is -4.04. The molecule has 8 heteroatoms. The van der Waals surface area contributed by atoms with Crippen LogP contribution >= 0.6 is 0 Å². The minimum Gasteiger partial charge on any atom is -0.496 e. The summed E-state index contributed by atoms with van der Waals surface area (Å²) in [7, 11) is 1.69. The zero-order valence-corrected chi connectivity index (χ0v) is 21.2. The SMILES string of the molecule is CCc1cc2[nH]c3nc(C(=O)NCCN4CCCC4)nc(-c4ccnc5ccccc45)c3c2cc1OC. The zero-order chi connectivity index (χ0) is 25.4. The molecule has 0 aliphatic carbocycles. The Labute approximate surface area is 215 Å². The van der Waals surface area contributed by atoms with Crippen LogP contribution in [-0.2, 0) is 6.42 Å². The van der Waals surface area contributed by atoms with Crippen molar-refractivity contribution < 1.29 is 9.53 Å². The number of likely N-dealkylation sites (tertiary alicyclic amines) is 1. The molecule has 2 N–H and O–H groups in total. The summed E-state index contributed by atoms with van der Waals surface area (Å²) in [5, 5.41) is 5.82. The quantitative estimate of drug-likeness (QED) is 0.340. The smallest absolute Gasteiger partial charge is 0.289 e. The normalized spacial score (nSPS) is 14.1. The van der Waals surface area contributed by atoms with E-state index in [-0.39, 0.29) is 11.7 Å². The second-order valence-electron chi connectivity index (χ2n) is 9.49. The summed E-state index contributed by atoms with van der Waals surface area (Å²) < 4.78 is 5.69. The van der Waals surface area contributed by atoms with Crippen LogP contribution in [0.15, 0.2) is 48.7 Å². The Morgan fingerprint density at radius 1 is 1.11 bits per heavy atom. The maximum atomic E-state index is 13.2. The lowest BCUT2D eigenvalue weighted by Gasteiger charge is -2.14. The Balaban J connectivity index is 1.51. The molecule has 6 rings (SSSR count). The Morgan fingerprint density at radius 3 is 2.76 bits per heavy atom. The third-order valence-corrected chi connectivity index (χ3v) is 7.25. The van der Waals surface area contributed by atoms with Crippen molar-refractivity contribution in [2.24, 2.45) is 0 Å². The van der Waals surface area contributed by atoms with Gasteiger partial charge in [-0.3, -0.25) is 9.78 Å². The van der Waals surface area contributed by atoms with E-state index < -0.39 is 0 Å². The average Bonchev–Trinajstić information content (AvgIpc) is 3.58. The van der Waals surface area contributed by atoms with Crippen molar-refractivity contribution in [1.82, 2.24) is 30.2 Å². The molecular weight excluding hydrogens is 464 g/mol. The van der Waals surface area contributed by atoms with Crippen LogP contribution in [-0.4, -0.2) is 64.0 Å². The molecule has 1 aliphatic rings. The van der Waals surface area contributed by atoms with Gasteiger partial charge in [0.1, 0.15) is 11.4 Å². The molecule has 0 saturated carbocycles. The Bertz CT molecular complexity index is 1610. The van der Waals surface area contributed by atoms with Crippen molar-refractivity contribution in [1.29, 1.82) is 0 Å². The number of benzene rings is 2. The molecule has 0 atom stereocenters. The maximum absolute atomic E-state index is 13.2. The molecule has 8 nitrogen and oxygen atoms in total. The second kappa shape index (κ2) is 9.78. The van der Waals surface area contributed by atoms with Gasteiger partial charge in [-0.05, 0) is 62.2 Å². The summed E-state index contributed by atoms with van der Waals surface area (Å²) in [6.07, 6.45) is 5.07. The number of aryl methyl sites for hydroxylation is 1. The molecule has 2 aromatic carbocycles. The number of hydrogen-bond acceptors (Lipinski definition) is 6. The molecule has 1 fully saturated rings. The molecule has 0 spiro atoms. The van der Waals surface area contributed by atoms with Gasteiger partial charge in [-0.1, -0.05) is 25.1 Å².